The molecule has 0 spiro atoms. The molecule has 0 atom stereocenters. The minimum absolute atomic E-state index is 0.831. The second-order valence-corrected chi connectivity index (χ2v) is 2.43. The molecule has 2 heteroatoms. The van der Waals surface area contributed by atoms with E-state index in [-0.39, 0.29) is 0 Å². The Morgan fingerprint density at radius 1 is 1.55 bits per heavy atom. The summed E-state index contributed by atoms with van der Waals surface area (Å²) in [7, 11) is 3.91. The molecule has 0 radical (unpaired) electrons. The van der Waals surface area contributed by atoms with Crippen molar-refractivity contribution in [2.75, 3.05) is 19.0 Å². The first kappa shape index (κ1) is 7.62. The molecule has 56 valence electrons. The molecule has 0 aromatic carbocycles. The second kappa shape index (κ2) is 3.07. The molecule has 1 rings (SSSR count). The van der Waals surface area contributed by atoms with Gasteiger partial charge in [-0.2, -0.15) is 0 Å². The van der Waals surface area contributed by atoms with Crippen LogP contribution in [0.15, 0.2) is 18.5 Å². The first-order valence-corrected chi connectivity index (χ1v) is 3.33. The Bertz CT molecular complexity index is 284. The molecule has 11 heavy (non-hydrogen) atoms. The summed E-state index contributed by atoms with van der Waals surface area (Å²) in [5.41, 5.74) is 1.86. The lowest BCUT2D eigenvalue weighted by Gasteiger charge is -2.13. The van der Waals surface area contributed by atoms with Crippen LogP contribution in [0, 0.1) is 12.3 Å². The number of aromatic nitrogens is 1. The van der Waals surface area contributed by atoms with Crippen LogP contribution in [0.2, 0.25) is 0 Å². The molecule has 0 fully saturated rings. The normalized spacial score (nSPS) is 8.82. The first-order valence-electron chi connectivity index (χ1n) is 3.33. The van der Waals surface area contributed by atoms with E-state index in [4.69, 9.17) is 6.42 Å². The summed E-state index contributed by atoms with van der Waals surface area (Å²) in [6, 6.07) is 1.90. The van der Waals surface area contributed by atoms with Crippen LogP contribution in [0.5, 0.6) is 0 Å². The van der Waals surface area contributed by atoms with E-state index in [0.29, 0.717) is 0 Å². The van der Waals surface area contributed by atoms with Crippen molar-refractivity contribution in [2.45, 2.75) is 0 Å². The molecule has 0 bridgehead atoms. The fourth-order valence-electron chi connectivity index (χ4n) is 0.888. The van der Waals surface area contributed by atoms with Crippen LogP contribution >= 0.6 is 0 Å². The van der Waals surface area contributed by atoms with Crippen LogP contribution < -0.4 is 4.90 Å². The number of nitrogens with zero attached hydrogens (tertiary/aromatic N) is 2. The van der Waals surface area contributed by atoms with Crippen molar-refractivity contribution in [1.82, 2.24) is 4.98 Å². The monoisotopic (exact) mass is 146 g/mol. The Kier molecular flexibility index (Phi) is 2.12. The summed E-state index contributed by atoms with van der Waals surface area (Å²) < 4.78 is 0. The number of hydrogen-bond acceptors (Lipinski definition) is 2. The SMILES string of the molecule is C#Cc1cnccc1N(C)C. The summed E-state index contributed by atoms with van der Waals surface area (Å²) in [5.74, 6) is 2.57. The van der Waals surface area contributed by atoms with Crippen LogP contribution in [-0.2, 0) is 0 Å². The number of terminal acetylenes is 1. The van der Waals surface area contributed by atoms with Crippen molar-refractivity contribution in [1.29, 1.82) is 0 Å². The third-order valence-electron chi connectivity index (χ3n) is 1.44. The van der Waals surface area contributed by atoms with Gasteiger partial charge in [-0.05, 0) is 6.07 Å². The smallest absolute Gasteiger partial charge is 0.0659 e. The maximum atomic E-state index is 5.27. The zero-order chi connectivity index (χ0) is 8.27. The van der Waals surface area contributed by atoms with Gasteiger partial charge in [-0.15, -0.1) is 6.42 Å². The van der Waals surface area contributed by atoms with Crippen molar-refractivity contribution >= 4 is 5.69 Å². The predicted octanol–water partition coefficient (Wildman–Crippen LogP) is 1.13. The third kappa shape index (κ3) is 1.50. The molecule has 1 aromatic heterocycles. The minimum atomic E-state index is 0.831. The molecule has 0 amide bonds. The van der Waals surface area contributed by atoms with E-state index in [1.807, 2.05) is 25.1 Å². The van der Waals surface area contributed by atoms with Gasteiger partial charge in [0.25, 0.3) is 0 Å². The average molecular weight is 146 g/mol. The average Bonchev–Trinajstić information content (AvgIpc) is 2.04. The molecular weight excluding hydrogens is 136 g/mol. The highest BCUT2D eigenvalue weighted by molar-refractivity contribution is 5.57. The largest absolute Gasteiger partial charge is 0.377 e. The molecule has 1 heterocycles. The van der Waals surface area contributed by atoms with Crippen molar-refractivity contribution in [3.05, 3.63) is 24.0 Å². The van der Waals surface area contributed by atoms with Gasteiger partial charge >= 0.3 is 0 Å². The lowest BCUT2D eigenvalue weighted by atomic mass is 10.2. The maximum absolute atomic E-state index is 5.27. The fourth-order valence-corrected chi connectivity index (χ4v) is 0.888. The lowest BCUT2D eigenvalue weighted by molar-refractivity contribution is 1.11. The Labute approximate surface area is 66.9 Å². The van der Waals surface area contributed by atoms with Gasteiger partial charge in [0.05, 0.1) is 11.3 Å². The Hall–Kier alpha value is -1.49. The summed E-state index contributed by atoms with van der Waals surface area (Å²) in [6.45, 7) is 0. The highest BCUT2D eigenvalue weighted by Crippen LogP contribution is 2.14. The number of hydrogen-bond donors (Lipinski definition) is 0. The zero-order valence-corrected chi connectivity index (χ0v) is 6.70. The van der Waals surface area contributed by atoms with Crippen molar-refractivity contribution < 1.29 is 0 Å². The zero-order valence-electron chi connectivity index (χ0n) is 6.70. The maximum Gasteiger partial charge on any atom is 0.0659 e. The summed E-state index contributed by atoms with van der Waals surface area (Å²) >= 11 is 0. The highest BCUT2D eigenvalue weighted by Gasteiger charge is 1.99. The van der Waals surface area contributed by atoms with Crippen LogP contribution in [0.3, 0.4) is 0 Å². The molecule has 0 saturated carbocycles. The molecule has 0 saturated heterocycles. The number of anilines is 1. The molecule has 0 unspecified atom stereocenters. The van der Waals surface area contributed by atoms with Crippen molar-refractivity contribution in [3.8, 4) is 12.3 Å². The van der Waals surface area contributed by atoms with E-state index >= 15 is 0 Å². The van der Waals surface area contributed by atoms with E-state index in [1.165, 1.54) is 0 Å². The molecule has 0 aliphatic carbocycles. The molecule has 1 aromatic rings. The Balaban J connectivity index is 3.15. The molecular formula is C9H10N2. The Morgan fingerprint density at radius 3 is 2.73 bits per heavy atom. The van der Waals surface area contributed by atoms with Crippen LogP contribution in [-0.4, -0.2) is 19.1 Å². The second-order valence-electron chi connectivity index (χ2n) is 2.43. The van der Waals surface area contributed by atoms with Crippen LogP contribution in [0.1, 0.15) is 5.56 Å². The van der Waals surface area contributed by atoms with E-state index in [9.17, 15) is 0 Å². The van der Waals surface area contributed by atoms with Crippen molar-refractivity contribution in [2.24, 2.45) is 0 Å². The highest BCUT2D eigenvalue weighted by atomic mass is 15.1. The summed E-state index contributed by atoms with van der Waals surface area (Å²) in [5, 5.41) is 0. The Morgan fingerprint density at radius 2 is 2.27 bits per heavy atom. The van der Waals surface area contributed by atoms with Gasteiger partial charge in [0, 0.05) is 26.5 Å². The molecule has 0 aliphatic heterocycles. The van der Waals surface area contributed by atoms with E-state index in [0.717, 1.165) is 11.3 Å². The molecule has 0 N–H and O–H groups in total. The summed E-state index contributed by atoms with van der Waals surface area (Å²) in [4.78, 5) is 5.90. The van der Waals surface area contributed by atoms with Crippen LogP contribution in [0.4, 0.5) is 5.69 Å². The van der Waals surface area contributed by atoms with Gasteiger partial charge in [-0.25, -0.2) is 0 Å². The fraction of sp³-hybridized carbons (Fsp3) is 0.222. The minimum Gasteiger partial charge on any atom is -0.377 e. The van der Waals surface area contributed by atoms with Gasteiger partial charge in [0.15, 0.2) is 0 Å². The molecule has 0 aliphatic rings. The predicted molar refractivity (Wildman–Crippen MR) is 46.5 cm³/mol. The topological polar surface area (TPSA) is 16.1 Å². The first-order chi connectivity index (χ1) is 5.25. The van der Waals surface area contributed by atoms with Gasteiger partial charge in [-0.3, -0.25) is 4.98 Å². The van der Waals surface area contributed by atoms with Gasteiger partial charge in [0.2, 0.25) is 0 Å². The number of rotatable bonds is 1. The van der Waals surface area contributed by atoms with Gasteiger partial charge in [-0.1, -0.05) is 5.92 Å². The van der Waals surface area contributed by atoms with E-state index < -0.39 is 0 Å². The lowest BCUT2D eigenvalue weighted by Crippen LogP contribution is -2.10. The van der Waals surface area contributed by atoms with E-state index in [2.05, 4.69) is 10.9 Å². The van der Waals surface area contributed by atoms with Crippen LogP contribution in [0.25, 0.3) is 0 Å². The van der Waals surface area contributed by atoms with Gasteiger partial charge < -0.3 is 4.90 Å². The third-order valence-corrected chi connectivity index (χ3v) is 1.44. The quantitative estimate of drug-likeness (QED) is 0.552. The van der Waals surface area contributed by atoms with Crippen molar-refractivity contribution in [3.63, 3.8) is 0 Å². The number of pyridine rings is 1. The molecule has 2 nitrogen and oxygen atoms in total. The standard InChI is InChI=1S/C9H10N2/c1-4-8-7-10-6-5-9(8)11(2)3/h1,5-7H,2-3H3. The van der Waals surface area contributed by atoms with E-state index in [1.54, 1.807) is 12.4 Å². The van der Waals surface area contributed by atoms with Gasteiger partial charge in [0.1, 0.15) is 0 Å². The summed E-state index contributed by atoms with van der Waals surface area (Å²) in [6.07, 6.45) is 8.69.